The van der Waals surface area contributed by atoms with E-state index in [2.05, 4.69) is 25.8 Å². The van der Waals surface area contributed by atoms with Crippen LogP contribution in [0.1, 0.15) is 36.4 Å². The molecule has 1 aliphatic rings. The number of carbonyl (C=O) groups excluding carboxylic acids is 1. The first-order valence-electron chi connectivity index (χ1n) is 7.62. The minimum absolute atomic E-state index is 0.0457. The van der Waals surface area contributed by atoms with Gasteiger partial charge in [0.15, 0.2) is 0 Å². The average molecular weight is 303 g/mol. The van der Waals surface area contributed by atoms with Crippen LogP contribution in [-0.4, -0.2) is 49.6 Å². The Morgan fingerprint density at radius 3 is 3.23 bits per heavy atom. The standard InChI is InChI=1S/C14H21N7O/c1-11(9-20-7-3-6-17-20)18-14(22)13-16-10-21(19-13)12-4-2-5-15-8-12/h3,6-7,10-12,15H,2,4-5,8-9H2,1H3,(H,18,22)/t11-,12+/m1/s1. The molecule has 8 heteroatoms. The lowest BCUT2D eigenvalue weighted by molar-refractivity contribution is 0.0924. The first kappa shape index (κ1) is 14.7. The van der Waals surface area contributed by atoms with Gasteiger partial charge in [-0.1, -0.05) is 0 Å². The molecule has 2 aromatic rings. The Morgan fingerprint density at radius 1 is 1.59 bits per heavy atom. The number of piperidine rings is 1. The maximum atomic E-state index is 12.2. The molecule has 0 aliphatic carbocycles. The zero-order chi connectivity index (χ0) is 15.4. The summed E-state index contributed by atoms with van der Waals surface area (Å²) >= 11 is 0. The second kappa shape index (κ2) is 6.69. The highest BCUT2D eigenvalue weighted by Crippen LogP contribution is 2.14. The highest BCUT2D eigenvalue weighted by molar-refractivity contribution is 5.90. The molecular weight excluding hydrogens is 282 g/mol. The van der Waals surface area contributed by atoms with Gasteiger partial charge >= 0.3 is 0 Å². The Hall–Kier alpha value is -2.22. The van der Waals surface area contributed by atoms with Crippen LogP contribution in [0.25, 0.3) is 0 Å². The SMILES string of the molecule is C[C@H](Cn1cccn1)NC(=O)c1ncn([C@H]2CCCNC2)n1. The number of hydrogen-bond acceptors (Lipinski definition) is 5. The van der Waals surface area contributed by atoms with E-state index in [0.717, 1.165) is 25.9 Å². The normalized spacial score (nSPS) is 19.8. The van der Waals surface area contributed by atoms with Crippen LogP contribution >= 0.6 is 0 Å². The van der Waals surface area contributed by atoms with Crippen molar-refractivity contribution in [1.82, 2.24) is 35.2 Å². The zero-order valence-corrected chi connectivity index (χ0v) is 12.6. The number of nitrogens with one attached hydrogen (secondary N) is 2. The molecule has 0 saturated carbocycles. The van der Waals surface area contributed by atoms with Gasteiger partial charge in [-0.2, -0.15) is 5.10 Å². The van der Waals surface area contributed by atoms with Crippen LogP contribution in [0.2, 0.25) is 0 Å². The van der Waals surface area contributed by atoms with Crippen molar-refractivity contribution >= 4 is 5.91 Å². The van der Waals surface area contributed by atoms with Crippen molar-refractivity contribution in [3.8, 4) is 0 Å². The van der Waals surface area contributed by atoms with E-state index in [1.807, 2.05) is 19.2 Å². The number of nitrogens with zero attached hydrogens (tertiary/aromatic N) is 5. The van der Waals surface area contributed by atoms with E-state index in [1.165, 1.54) is 0 Å². The quantitative estimate of drug-likeness (QED) is 0.824. The van der Waals surface area contributed by atoms with Crippen LogP contribution < -0.4 is 10.6 Å². The van der Waals surface area contributed by atoms with Crippen LogP contribution in [-0.2, 0) is 6.54 Å². The molecule has 0 bridgehead atoms. The van der Waals surface area contributed by atoms with E-state index in [-0.39, 0.29) is 23.8 Å². The van der Waals surface area contributed by atoms with E-state index in [0.29, 0.717) is 6.54 Å². The predicted molar refractivity (Wildman–Crippen MR) is 80.3 cm³/mol. The van der Waals surface area contributed by atoms with Crippen LogP contribution in [0.4, 0.5) is 0 Å². The van der Waals surface area contributed by atoms with Gasteiger partial charge in [0.05, 0.1) is 12.6 Å². The maximum Gasteiger partial charge on any atom is 0.291 e. The molecule has 2 aromatic heterocycles. The summed E-state index contributed by atoms with van der Waals surface area (Å²) in [6.07, 6.45) is 7.41. The average Bonchev–Trinajstić information content (AvgIpc) is 3.19. The van der Waals surface area contributed by atoms with E-state index in [9.17, 15) is 4.79 Å². The molecular formula is C14H21N7O. The Morgan fingerprint density at radius 2 is 2.50 bits per heavy atom. The highest BCUT2D eigenvalue weighted by atomic mass is 16.2. The van der Waals surface area contributed by atoms with Crippen molar-refractivity contribution in [1.29, 1.82) is 0 Å². The molecule has 0 spiro atoms. The number of rotatable bonds is 5. The van der Waals surface area contributed by atoms with Gasteiger partial charge < -0.3 is 10.6 Å². The largest absolute Gasteiger partial charge is 0.345 e. The molecule has 2 N–H and O–H groups in total. The van der Waals surface area contributed by atoms with Gasteiger partial charge in [0.2, 0.25) is 5.82 Å². The highest BCUT2D eigenvalue weighted by Gasteiger charge is 2.19. The second-order valence-electron chi connectivity index (χ2n) is 5.65. The molecule has 1 amide bonds. The molecule has 22 heavy (non-hydrogen) atoms. The molecule has 8 nitrogen and oxygen atoms in total. The lowest BCUT2D eigenvalue weighted by Gasteiger charge is -2.22. The zero-order valence-electron chi connectivity index (χ0n) is 12.6. The second-order valence-corrected chi connectivity index (χ2v) is 5.65. The van der Waals surface area contributed by atoms with Crippen molar-refractivity contribution in [2.45, 2.75) is 38.4 Å². The van der Waals surface area contributed by atoms with E-state index in [4.69, 9.17) is 0 Å². The fraction of sp³-hybridized carbons (Fsp3) is 0.571. The van der Waals surface area contributed by atoms with E-state index < -0.39 is 0 Å². The first-order chi connectivity index (χ1) is 10.7. The van der Waals surface area contributed by atoms with Gasteiger partial charge in [0, 0.05) is 25.0 Å². The van der Waals surface area contributed by atoms with Crippen LogP contribution in [0.3, 0.4) is 0 Å². The Balaban J connectivity index is 1.56. The third-order valence-electron chi connectivity index (χ3n) is 3.75. The molecule has 3 heterocycles. The van der Waals surface area contributed by atoms with Crippen LogP contribution in [0, 0.1) is 0 Å². The number of aromatic nitrogens is 5. The van der Waals surface area contributed by atoms with Crippen LogP contribution in [0.15, 0.2) is 24.8 Å². The topological polar surface area (TPSA) is 89.7 Å². The minimum Gasteiger partial charge on any atom is -0.345 e. The molecule has 0 aromatic carbocycles. The van der Waals surface area contributed by atoms with Crippen molar-refractivity contribution in [3.05, 3.63) is 30.6 Å². The summed E-state index contributed by atoms with van der Waals surface area (Å²) in [4.78, 5) is 16.3. The molecule has 0 radical (unpaired) electrons. The van der Waals surface area contributed by atoms with Crippen molar-refractivity contribution in [3.63, 3.8) is 0 Å². The minimum atomic E-state index is -0.248. The summed E-state index contributed by atoms with van der Waals surface area (Å²) in [7, 11) is 0. The lowest BCUT2D eigenvalue weighted by Crippen LogP contribution is -2.36. The fourth-order valence-corrected chi connectivity index (χ4v) is 2.64. The van der Waals surface area contributed by atoms with Gasteiger partial charge in [-0.3, -0.25) is 9.48 Å². The number of hydrogen-bond donors (Lipinski definition) is 2. The molecule has 1 fully saturated rings. The van der Waals surface area contributed by atoms with Gasteiger partial charge in [0.25, 0.3) is 5.91 Å². The Kier molecular flexibility index (Phi) is 4.47. The molecule has 1 aliphatic heterocycles. The fourth-order valence-electron chi connectivity index (χ4n) is 2.64. The van der Waals surface area contributed by atoms with Crippen LogP contribution in [0.5, 0.6) is 0 Å². The smallest absolute Gasteiger partial charge is 0.291 e. The van der Waals surface area contributed by atoms with Gasteiger partial charge in [-0.15, -0.1) is 5.10 Å². The number of amides is 1. The summed E-state index contributed by atoms with van der Waals surface area (Å²) in [5, 5.41) is 14.7. The summed E-state index contributed by atoms with van der Waals surface area (Å²) in [6, 6.07) is 2.09. The third kappa shape index (κ3) is 3.51. The summed E-state index contributed by atoms with van der Waals surface area (Å²) in [6.45, 7) is 4.47. The third-order valence-corrected chi connectivity index (χ3v) is 3.75. The maximum absolute atomic E-state index is 12.2. The number of carbonyl (C=O) groups is 1. The predicted octanol–water partition coefficient (Wildman–Crippen LogP) is 0.218. The summed E-state index contributed by atoms with van der Waals surface area (Å²) in [5.74, 6) is -0.0277. The van der Waals surface area contributed by atoms with Crippen molar-refractivity contribution in [2.75, 3.05) is 13.1 Å². The summed E-state index contributed by atoms with van der Waals surface area (Å²) < 4.78 is 3.57. The van der Waals surface area contributed by atoms with Gasteiger partial charge in [0.1, 0.15) is 6.33 Å². The lowest BCUT2D eigenvalue weighted by atomic mass is 10.1. The van der Waals surface area contributed by atoms with Crippen molar-refractivity contribution in [2.24, 2.45) is 0 Å². The van der Waals surface area contributed by atoms with E-state index in [1.54, 1.807) is 21.9 Å². The monoisotopic (exact) mass is 303 g/mol. The molecule has 0 unspecified atom stereocenters. The first-order valence-corrected chi connectivity index (χ1v) is 7.62. The van der Waals surface area contributed by atoms with E-state index >= 15 is 0 Å². The molecule has 2 atom stereocenters. The Labute approximate surface area is 128 Å². The molecule has 3 rings (SSSR count). The molecule has 118 valence electrons. The molecule has 1 saturated heterocycles. The summed E-state index contributed by atoms with van der Waals surface area (Å²) in [5.41, 5.74) is 0. The van der Waals surface area contributed by atoms with Gasteiger partial charge in [-0.05, 0) is 32.4 Å². The van der Waals surface area contributed by atoms with Gasteiger partial charge in [-0.25, -0.2) is 9.67 Å². The Bertz CT molecular complexity index is 600. The van der Waals surface area contributed by atoms with Crippen molar-refractivity contribution < 1.29 is 4.79 Å².